The number of aromatic nitrogens is 3. The maximum atomic E-state index is 12.3. The molecule has 1 aliphatic heterocycles. The van der Waals surface area contributed by atoms with Crippen LogP contribution in [-0.2, 0) is 14.6 Å². The van der Waals surface area contributed by atoms with Gasteiger partial charge in [-0.15, -0.1) is 10.2 Å². The molecule has 0 bridgehead atoms. The number of rotatable bonds is 6. The molecule has 2 heterocycles. The summed E-state index contributed by atoms with van der Waals surface area (Å²) < 4.78 is 25.9. The van der Waals surface area contributed by atoms with E-state index in [2.05, 4.69) is 14.8 Å². The van der Waals surface area contributed by atoms with Crippen molar-refractivity contribution in [2.45, 2.75) is 51.0 Å². The van der Waals surface area contributed by atoms with Gasteiger partial charge in [-0.2, -0.15) is 0 Å². The molecular formula is C15H24N4O3S. The topological polar surface area (TPSA) is 85.2 Å². The van der Waals surface area contributed by atoms with Gasteiger partial charge in [0.15, 0.2) is 9.84 Å². The lowest BCUT2D eigenvalue weighted by Gasteiger charge is -2.32. The molecule has 1 amide bonds. The lowest BCUT2D eigenvalue weighted by atomic mass is 9.97. The smallest absolute Gasteiger partial charge is 0.237 e. The molecule has 1 aromatic heterocycles. The first-order chi connectivity index (χ1) is 11.0. The Morgan fingerprint density at radius 3 is 2.83 bits per heavy atom. The molecule has 8 heteroatoms. The van der Waals surface area contributed by atoms with Gasteiger partial charge in [0.05, 0.1) is 5.75 Å². The van der Waals surface area contributed by atoms with Crippen molar-refractivity contribution in [3.05, 3.63) is 12.2 Å². The van der Waals surface area contributed by atoms with Crippen LogP contribution in [0.1, 0.15) is 56.8 Å². The Bertz CT molecular complexity index is 666. The Morgan fingerprint density at radius 1 is 1.35 bits per heavy atom. The monoisotopic (exact) mass is 340 g/mol. The van der Waals surface area contributed by atoms with Crippen molar-refractivity contribution in [2.75, 3.05) is 24.6 Å². The highest BCUT2D eigenvalue weighted by atomic mass is 32.2. The number of hydrogen-bond donors (Lipinski definition) is 0. The third-order valence-corrected chi connectivity index (χ3v) is 6.26. The number of likely N-dealkylation sites (tertiary alicyclic amines) is 1. The summed E-state index contributed by atoms with van der Waals surface area (Å²) in [6, 6.07) is 0.510. The minimum atomic E-state index is -3.29. The molecule has 0 N–H and O–H groups in total. The lowest BCUT2D eigenvalue weighted by Crippen LogP contribution is -2.42. The fourth-order valence-electron chi connectivity index (χ4n) is 3.25. The minimum absolute atomic E-state index is 0.0754. The number of sulfone groups is 1. The van der Waals surface area contributed by atoms with Gasteiger partial charge in [0.2, 0.25) is 5.91 Å². The maximum absolute atomic E-state index is 12.3. The van der Waals surface area contributed by atoms with Crippen LogP contribution in [0.3, 0.4) is 0 Å². The van der Waals surface area contributed by atoms with Crippen LogP contribution in [0.4, 0.5) is 0 Å². The highest BCUT2D eigenvalue weighted by Crippen LogP contribution is 2.38. The molecule has 128 valence electrons. The molecule has 0 spiro atoms. The predicted octanol–water partition coefficient (Wildman–Crippen LogP) is 1.14. The van der Waals surface area contributed by atoms with E-state index in [1.54, 1.807) is 11.2 Å². The van der Waals surface area contributed by atoms with Crippen LogP contribution in [0, 0.1) is 0 Å². The molecule has 1 atom stereocenters. The van der Waals surface area contributed by atoms with Crippen molar-refractivity contribution in [2.24, 2.45) is 0 Å². The van der Waals surface area contributed by atoms with Crippen molar-refractivity contribution in [1.82, 2.24) is 19.7 Å². The first-order valence-electron chi connectivity index (χ1n) is 8.38. The first kappa shape index (κ1) is 16.4. The zero-order valence-electron chi connectivity index (χ0n) is 13.5. The van der Waals surface area contributed by atoms with E-state index >= 15 is 0 Å². The van der Waals surface area contributed by atoms with Crippen LogP contribution in [-0.4, -0.2) is 58.6 Å². The normalized spacial score (nSPS) is 22.3. The van der Waals surface area contributed by atoms with Gasteiger partial charge in [-0.1, -0.05) is 6.92 Å². The molecule has 1 aliphatic carbocycles. The highest BCUT2D eigenvalue weighted by molar-refractivity contribution is 7.92. The Kier molecular flexibility index (Phi) is 4.70. The summed E-state index contributed by atoms with van der Waals surface area (Å²) in [6.45, 7) is 2.99. The second-order valence-electron chi connectivity index (χ2n) is 6.60. The summed E-state index contributed by atoms with van der Waals surface area (Å²) in [4.78, 5) is 14.0. The van der Waals surface area contributed by atoms with Gasteiger partial charge in [-0.25, -0.2) is 8.42 Å². The third kappa shape index (κ3) is 3.91. The fourth-order valence-corrected chi connectivity index (χ4v) is 4.58. The molecule has 0 aromatic carbocycles. The molecule has 2 aliphatic rings. The Hall–Kier alpha value is -1.44. The summed E-state index contributed by atoms with van der Waals surface area (Å²) in [5.41, 5.74) is 0. The van der Waals surface area contributed by atoms with Crippen molar-refractivity contribution in [3.63, 3.8) is 0 Å². The molecule has 2 fully saturated rings. The van der Waals surface area contributed by atoms with Crippen molar-refractivity contribution >= 4 is 15.7 Å². The average Bonchev–Trinajstić information content (AvgIpc) is 3.24. The van der Waals surface area contributed by atoms with Gasteiger partial charge in [-0.05, 0) is 32.1 Å². The van der Waals surface area contributed by atoms with Crippen LogP contribution in [0.25, 0.3) is 0 Å². The molecule has 0 radical (unpaired) electrons. The SMILES string of the molecule is CCCS(=O)(=O)CC(=O)N1CCCC(c2nncn2C2CC2)C1. The van der Waals surface area contributed by atoms with Crippen molar-refractivity contribution in [1.29, 1.82) is 0 Å². The first-order valence-corrected chi connectivity index (χ1v) is 10.2. The zero-order valence-corrected chi connectivity index (χ0v) is 14.3. The number of piperidine rings is 1. The number of nitrogens with zero attached hydrogens (tertiary/aromatic N) is 4. The number of carbonyl (C=O) groups is 1. The number of amides is 1. The minimum Gasteiger partial charge on any atom is -0.341 e. The molecule has 1 unspecified atom stereocenters. The second-order valence-corrected chi connectivity index (χ2v) is 8.78. The number of hydrogen-bond acceptors (Lipinski definition) is 5. The average molecular weight is 340 g/mol. The summed E-state index contributed by atoms with van der Waals surface area (Å²) in [5, 5.41) is 8.28. The van der Waals surface area contributed by atoms with E-state index in [9.17, 15) is 13.2 Å². The van der Waals surface area contributed by atoms with Crippen LogP contribution < -0.4 is 0 Å². The Labute approximate surface area is 137 Å². The van der Waals surface area contributed by atoms with E-state index in [1.807, 2.05) is 6.92 Å². The van der Waals surface area contributed by atoms with E-state index in [0.717, 1.165) is 31.5 Å². The van der Waals surface area contributed by atoms with Crippen molar-refractivity contribution < 1.29 is 13.2 Å². The van der Waals surface area contributed by atoms with Crippen LogP contribution in [0.15, 0.2) is 6.33 Å². The standard InChI is InChI=1S/C15H24N4O3S/c1-2-8-23(21,22)10-14(20)18-7-3-4-12(9-18)15-17-16-11-19(15)13-5-6-13/h11-13H,2-10H2,1H3. The van der Waals surface area contributed by atoms with Gasteiger partial charge >= 0.3 is 0 Å². The molecule has 1 saturated carbocycles. The van der Waals surface area contributed by atoms with E-state index in [4.69, 9.17) is 0 Å². The molecule has 3 rings (SSSR count). The van der Waals surface area contributed by atoms with E-state index in [0.29, 0.717) is 25.6 Å². The second kappa shape index (κ2) is 6.59. The van der Waals surface area contributed by atoms with Gasteiger partial charge in [0.25, 0.3) is 0 Å². The van der Waals surface area contributed by atoms with E-state index < -0.39 is 9.84 Å². The summed E-state index contributed by atoms with van der Waals surface area (Å²) >= 11 is 0. The number of carbonyl (C=O) groups excluding carboxylic acids is 1. The van der Waals surface area contributed by atoms with Gasteiger partial charge in [0.1, 0.15) is 17.9 Å². The predicted molar refractivity (Wildman–Crippen MR) is 85.8 cm³/mol. The molecule has 1 aromatic rings. The summed E-state index contributed by atoms with van der Waals surface area (Å²) in [6.07, 6.45) is 6.49. The van der Waals surface area contributed by atoms with Gasteiger partial charge < -0.3 is 9.47 Å². The zero-order chi connectivity index (χ0) is 16.4. The lowest BCUT2D eigenvalue weighted by molar-refractivity contribution is -0.129. The van der Waals surface area contributed by atoms with Crippen LogP contribution >= 0.6 is 0 Å². The molecular weight excluding hydrogens is 316 g/mol. The quantitative estimate of drug-likeness (QED) is 0.775. The van der Waals surface area contributed by atoms with Gasteiger partial charge in [0, 0.05) is 25.0 Å². The third-order valence-electron chi connectivity index (χ3n) is 4.54. The van der Waals surface area contributed by atoms with Crippen molar-refractivity contribution in [3.8, 4) is 0 Å². The Morgan fingerprint density at radius 2 is 2.13 bits per heavy atom. The highest BCUT2D eigenvalue weighted by Gasteiger charge is 2.33. The maximum Gasteiger partial charge on any atom is 0.237 e. The summed E-state index contributed by atoms with van der Waals surface area (Å²) in [5.74, 6) is 0.529. The van der Waals surface area contributed by atoms with Crippen LogP contribution in [0.5, 0.6) is 0 Å². The van der Waals surface area contributed by atoms with Gasteiger partial charge in [-0.3, -0.25) is 4.79 Å². The van der Waals surface area contributed by atoms with Crippen LogP contribution in [0.2, 0.25) is 0 Å². The van der Waals surface area contributed by atoms with E-state index in [-0.39, 0.29) is 23.3 Å². The summed E-state index contributed by atoms with van der Waals surface area (Å²) in [7, 11) is -3.29. The Balaban J connectivity index is 1.66. The molecule has 7 nitrogen and oxygen atoms in total. The molecule has 23 heavy (non-hydrogen) atoms. The largest absolute Gasteiger partial charge is 0.341 e. The van der Waals surface area contributed by atoms with E-state index in [1.165, 1.54) is 0 Å². The fraction of sp³-hybridized carbons (Fsp3) is 0.800. The molecule has 1 saturated heterocycles.